The largest absolute Gasteiger partial charge is 0.494 e. The van der Waals surface area contributed by atoms with Gasteiger partial charge in [-0.25, -0.2) is 0 Å². The summed E-state index contributed by atoms with van der Waals surface area (Å²) in [6.07, 6.45) is 8.47. The summed E-state index contributed by atoms with van der Waals surface area (Å²) in [5, 5.41) is 3.86. The van der Waals surface area contributed by atoms with Crippen molar-refractivity contribution in [2.75, 3.05) is 11.9 Å². The molecule has 2 heteroatoms. The first-order valence-electron chi connectivity index (χ1n) is 8.81. The molecule has 0 heterocycles. The van der Waals surface area contributed by atoms with Crippen LogP contribution in [-0.2, 0) is 0 Å². The van der Waals surface area contributed by atoms with Crippen molar-refractivity contribution in [2.45, 2.75) is 51.5 Å². The fourth-order valence-electron chi connectivity index (χ4n) is 5.25. The first-order chi connectivity index (χ1) is 10.3. The first-order valence-corrected chi connectivity index (χ1v) is 8.81. The van der Waals surface area contributed by atoms with E-state index in [4.69, 9.17) is 4.74 Å². The van der Waals surface area contributed by atoms with Gasteiger partial charge in [-0.3, -0.25) is 0 Å². The quantitative estimate of drug-likeness (QED) is 0.845. The lowest BCUT2D eigenvalue weighted by Gasteiger charge is -2.54. The molecule has 1 N–H and O–H groups in total. The summed E-state index contributed by atoms with van der Waals surface area (Å²) in [7, 11) is 0. The van der Waals surface area contributed by atoms with Crippen LogP contribution >= 0.6 is 0 Å². The zero-order chi connectivity index (χ0) is 14.2. The summed E-state index contributed by atoms with van der Waals surface area (Å²) >= 11 is 0. The van der Waals surface area contributed by atoms with Crippen molar-refractivity contribution in [1.29, 1.82) is 0 Å². The second-order valence-corrected chi connectivity index (χ2v) is 7.48. The molecule has 0 atom stereocenters. The standard InChI is InChI=1S/C19H27NO/c1-2-6-21-18-5-3-4-17(12-18)20-19-15-8-13-7-14(10-15)11-16(19)9-13/h3-5,12-16,19-20H,2,6-11H2,1H3. The Kier molecular flexibility index (Phi) is 3.56. The average Bonchev–Trinajstić information content (AvgIpc) is 2.48. The molecule has 114 valence electrons. The van der Waals surface area contributed by atoms with E-state index in [1.807, 2.05) is 0 Å². The molecule has 4 aliphatic carbocycles. The molecule has 0 unspecified atom stereocenters. The Labute approximate surface area is 128 Å². The number of hydrogen-bond acceptors (Lipinski definition) is 2. The fourth-order valence-corrected chi connectivity index (χ4v) is 5.25. The lowest BCUT2D eigenvalue weighted by Crippen LogP contribution is -2.51. The van der Waals surface area contributed by atoms with Gasteiger partial charge in [0.05, 0.1) is 6.61 Å². The Morgan fingerprint density at radius 2 is 1.76 bits per heavy atom. The van der Waals surface area contributed by atoms with E-state index in [1.54, 1.807) is 0 Å². The molecule has 0 saturated heterocycles. The Balaban J connectivity index is 1.46. The van der Waals surface area contributed by atoms with Crippen molar-refractivity contribution < 1.29 is 4.74 Å². The highest BCUT2D eigenvalue weighted by molar-refractivity contribution is 5.49. The molecule has 4 aliphatic rings. The topological polar surface area (TPSA) is 21.3 Å². The highest BCUT2D eigenvalue weighted by Gasteiger charge is 2.48. The molecule has 0 amide bonds. The number of benzene rings is 1. The average molecular weight is 285 g/mol. The second-order valence-electron chi connectivity index (χ2n) is 7.48. The van der Waals surface area contributed by atoms with Crippen molar-refractivity contribution in [3.05, 3.63) is 24.3 Å². The van der Waals surface area contributed by atoms with Crippen LogP contribution in [0.15, 0.2) is 24.3 Å². The van der Waals surface area contributed by atoms with Crippen molar-refractivity contribution in [1.82, 2.24) is 0 Å². The maximum absolute atomic E-state index is 5.76. The van der Waals surface area contributed by atoms with Gasteiger partial charge in [-0.1, -0.05) is 13.0 Å². The molecule has 0 spiro atoms. The molecule has 4 saturated carbocycles. The van der Waals surface area contributed by atoms with Gasteiger partial charge < -0.3 is 10.1 Å². The second kappa shape index (κ2) is 5.55. The van der Waals surface area contributed by atoms with Gasteiger partial charge in [-0.05, 0) is 74.3 Å². The third kappa shape index (κ3) is 2.65. The minimum Gasteiger partial charge on any atom is -0.494 e. The summed E-state index contributed by atoms with van der Waals surface area (Å²) in [4.78, 5) is 0. The molecule has 0 radical (unpaired) electrons. The monoisotopic (exact) mass is 285 g/mol. The lowest BCUT2D eigenvalue weighted by atomic mass is 9.54. The molecule has 2 nitrogen and oxygen atoms in total. The van der Waals surface area contributed by atoms with Crippen LogP contribution in [0.25, 0.3) is 0 Å². The van der Waals surface area contributed by atoms with Crippen molar-refractivity contribution in [3.63, 3.8) is 0 Å². The third-order valence-corrected chi connectivity index (χ3v) is 5.87. The van der Waals surface area contributed by atoms with Crippen LogP contribution in [0.2, 0.25) is 0 Å². The summed E-state index contributed by atoms with van der Waals surface area (Å²) in [6.45, 7) is 2.96. The van der Waals surface area contributed by atoms with Crippen LogP contribution in [0.1, 0.15) is 45.4 Å². The van der Waals surface area contributed by atoms with Crippen molar-refractivity contribution >= 4 is 5.69 Å². The van der Waals surface area contributed by atoms with E-state index in [0.29, 0.717) is 6.04 Å². The Hall–Kier alpha value is -1.18. The highest BCUT2D eigenvalue weighted by Crippen LogP contribution is 2.54. The van der Waals surface area contributed by atoms with Crippen LogP contribution in [-0.4, -0.2) is 12.6 Å². The van der Waals surface area contributed by atoms with E-state index in [-0.39, 0.29) is 0 Å². The highest BCUT2D eigenvalue weighted by atomic mass is 16.5. The van der Waals surface area contributed by atoms with Crippen LogP contribution in [0, 0.1) is 23.7 Å². The predicted molar refractivity (Wildman–Crippen MR) is 86.7 cm³/mol. The molecule has 21 heavy (non-hydrogen) atoms. The van der Waals surface area contributed by atoms with Crippen LogP contribution in [0.3, 0.4) is 0 Å². The summed E-state index contributed by atoms with van der Waals surface area (Å²) in [6, 6.07) is 9.27. The van der Waals surface area contributed by atoms with E-state index in [2.05, 4.69) is 36.5 Å². The number of hydrogen-bond donors (Lipinski definition) is 1. The van der Waals surface area contributed by atoms with Gasteiger partial charge in [0.1, 0.15) is 5.75 Å². The van der Waals surface area contributed by atoms with Crippen molar-refractivity contribution in [2.24, 2.45) is 23.7 Å². The molecule has 5 rings (SSSR count). The summed E-state index contributed by atoms with van der Waals surface area (Å²) in [5.74, 6) is 4.93. The SMILES string of the molecule is CCCOc1cccc(NC2C3CC4CC(C3)CC2C4)c1. The minimum atomic E-state index is 0.708. The number of rotatable bonds is 5. The molecule has 4 fully saturated rings. The molecular weight excluding hydrogens is 258 g/mol. The fraction of sp³-hybridized carbons (Fsp3) is 0.684. The number of ether oxygens (including phenoxy) is 1. The van der Waals surface area contributed by atoms with Gasteiger partial charge in [0.2, 0.25) is 0 Å². The van der Waals surface area contributed by atoms with E-state index in [0.717, 1.165) is 42.4 Å². The Morgan fingerprint density at radius 1 is 1.05 bits per heavy atom. The van der Waals surface area contributed by atoms with Gasteiger partial charge in [0.15, 0.2) is 0 Å². The van der Waals surface area contributed by atoms with E-state index < -0.39 is 0 Å². The van der Waals surface area contributed by atoms with Gasteiger partial charge >= 0.3 is 0 Å². The van der Waals surface area contributed by atoms with Gasteiger partial charge in [0, 0.05) is 17.8 Å². The minimum absolute atomic E-state index is 0.708. The molecule has 4 bridgehead atoms. The predicted octanol–water partition coefficient (Wildman–Crippen LogP) is 4.71. The Bertz CT molecular complexity index is 470. The first kappa shape index (κ1) is 13.5. The van der Waals surface area contributed by atoms with Gasteiger partial charge in [-0.2, -0.15) is 0 Å². The molecule has 0 aliphatic heterocycles. The Morgan fingerprint density at radius 3 is 2.43 bits per heavy atom. The summed E-state index contributed by atoms with van der Waals surface area (Å²) < 4.78 is 5.76. The molecular formula is C19H27NO. The van der Waals surface area contributed by atoms with E-state index in [9.17, 15) is 0 Å². The van der Waals surface area contributed by atoms with E-state index >= 15 is 0 Å². The van der Waals surface area contributed by atoms with Gasteiger partial charge in [0.25, 0.3) is 0 Å². The molecule has 1 aromatic rings. The van der Waals surface area contributed by atoms with Crippen LogP contribution < -0.4 is 10.1 Å². The van der Waals surface area contributed by atoms with Crippen molar-refractivity contribution in [3.8, 4) is 5.75 Å². The van der Waals surface area contributed by atoms with E-state index in [1.165, 1.54) is 37.8 Å². The zero-order valence-corrected chi connectivity index (χ0v) is 13.1. The van der Waals surface area contributed by atoms with Crippen LogP contribution in [0.5, 0.6) is 5.75 Å². The zero-order valence-electron chi connectivity index (χ0n) is 13.1. The lowest BCUT2D eigenvalue weighted by molar-refractivity contribution is 0.00753. The summed E-state index contributed by atoms with van der Waals surface area (Å²) in [5.41, 5.74) is 1.25. The maximum Gasteiger partial charge on any atom is 0.121 e. The normalized spacial score (nSPS) is 36.7. The number of nitrogens with one attached hydrogen (secondary N) is 1. The third-order valence-electron chi connectivity index (χ3n) is 5.87. The van der Waals surface area contributed by atoms with Gasteiger partial charge in [-0.15, -0.1) is 0 Å². The van der Waals surface area contributed by atoms with Crippen LogP contribution in [0.4, 0.5) is 5.69 Å². The number of anilines is 1. The smallest absolute Gasteiger partial charge is 0.121 e. The molecule has 0 aromatic heterocycles. The molecule has 1 aromatic carbocycles. The maximum atomic E-state index is 5.76.